The van der Waals surface area contributed by atoms with Gasteiger partial charge in [0.25, 0.3) is 0 Å². The first kappa shape index (κ1) is 25.5. The number of carbonyl (C=O) groups excluding carboxylic acids is 2. The van der Waals surface area contributed by atoms with Crippen molar-refractivity contribution in [1.82, 2.24) is 10.2 Å². The third-order valence-electron chi connectivity index (χ3n) is 4.56. The summed E-state index contributed by atoms with van der Waals surface area (Å²) in [7, 11) is 0. The summed E-state index contributed by atoms with van der Waals surface area (Å²) < 4.78 is 13.1. The van der Waals surface area contributed by atoms with Crippen molar-refractivity contribution in [2.24, 2.45) is 0 Å². The predicted octanol–water partition coefficient (Wildman–Crippen LogP) is 5.70. The molecule has 0 unspecified atom stereocenters. The number of rotatable bonds is 10. The Hall–Kier alpha value is -1.76. The molecule has 4 nitrogen and oxygen atoms in total. The van der Waals surface area contributed by atoms with E-state index < -0.39 is 6.04 Å². The molecule has 2 amide bonds. The van der Waals surface area contributed by atoms with Crippen molar-refractivity contribution < 1.29 is 14.0 Å². The van der Waals surface area contributed by atoms with E-state index in [4.69, 9.17) is 23.2 Å². The Morgan fingerprint density at radius 3 is 2.29 bits per heavy atom. The van der Waals surface area contributed by atoms with E-state index in [9.17, 15) is 14.0 Å². The fraction of sp³-hybridized carbons (Fsp3) is 0.391. The number of nitrogens with zero attached hydrogens (tertiary/aromatic N) is 1. The summed E-state index contributed by atoms with van der Waals surface area (Å²) in [4.78, 5) is 27.5. The van der Waals surface area contributed by atoms with Gasteiger partial charge in [-0.15, -0.1) is 11.8 Å². The molecule has 0 saturated carbocycles. The standard InChI is InChI=1S/C23H27Cl2FN2O2S/c1-4-21(23(30)27-15(2)3)28(12-17-7-10-19(24)20(25)11-17)22(29)14-31-13-16-5-8-18(26)9-6-16/h5-11,15,21H,4,12-14H2,1-3H3,(H,27,30)/t21-/m1/s1. The molecule has 0 aliphatic rings. The molecule has 2 aromatic carbocycles. The van der Waals surface area contributed by atoms with Crippen LogP contribution in [0.2, 0.25) is 10.0 Å². The van der Waals surface area contributed by atoms with Gasteiger partial charge in [-0.3, -0.25) is 9.59 Å². The first-order valence-electron chi connectivity index (χ1n) is 10.1. The van der Waals surface area contributed by atoms with Crippen LogP contribution in [0.1, 0.15) is 38.3 Å². The summed E-state index contributed by atoms with van der Waals surface area (Å²) in [6, 6.07) is 10.8. The fourth-order valence-electron chi connectivity index (χ4n) is 3.05. The van der Waals surface area contributed by atoms with E-state index in [-0.39, 0.29) is 36.0 Å². The molecule has 0 aliphatic carbocycles. The molecular formula is C23H27Cl2FN2O2S. The second-order valence-corrected chi connectivity index (χ2v) is 9.28. The number of halogens is 3. The predicted molar refractivity (Wildman–Crippen MR) is 127 cm³/mol. The maximum absolute atomic E-state index is 13.1. The van der Waals surface area contributed by atoms with E-state index in [0.29, 0.717) is 22.2 Å². The van der Waals surface area contributed by atoms with Crippen LogP contribution >= 0.6 is 35.0 Å². The normalized spacial score (nSPS) is 12.0. The number of hydrogen-bond acceptors (Lipinski definition) is 3. The summed E-state index contributed by atoms with van der Waals surface area (Å²) in [6.07, 6.45) is 0.480. The molecule has 0 fully saturated rings. The van der Waals surface area contributed by atoms with Gasteiger partial charge in [-0.1, -0.05) is 48.3 Å². The maximum Gasteiger partial charge on any atom is 0.243 e. The van der Waals surface area contributed by atoms with Crippen molar-refractivity contribution in [3.8, 4) is 0 Å². The van der Waals surface area contributed by atoms with Crippen molar-refractivity contribution in [3.63, 3.8) is 0 Å². The zero-order valence-corrected chi connectivity index (χ0v) is 20.2. The van der Waals surface area contributed by atoms with Crippen LogP contribution in [0.5, 0.6) is 0 Å². The van der Waals surface area contributed by atoms with Gasteiger partial charge in [0.2, 0.25) is 11.8 Å². The van der Waals surface area contributed by atoms with Crippen molar-refractivity contribution in [2.75, 3.05) is 5.75 Å². The van der Waals surface area contributed by atoms with E-state index in [1.54, 1.807) is 35.2 Å². The van der Waals surface area contributed by atoms with Gasteiger partial charge in [-0.2, -0.15) is 0 Å². The molecule has 1 atom stereocenters. The highest BCUT2D eigenvalue weighted by molar-refractivity contribution is 7.99. The largest absolute Gasteiger partial charge is 0.352 e. The van der Waals surface area contributed by atoms with Crippen LogP contribution in [0, 0.1) is 5.82 Å². The molecule has 0 bridgehead atoms. The molecule has 0 aromatic heterocycles. The molecule has 1 N–H and O–H groups in total. The summed E-state index contributed by atoms with van der Waals surface area (Å²) in [5.41, 5.74) is 1.72. The van der Waals surface area contributed by atoms with E-state index in [2.05, 4.69) is 5.32 Å². The fourth-order valence-corrected chi connectivity index (χ4v) is 4.25. The van der Waals surface area contributed by atoms with Gasteiger partial charge in [0, 0.05) is 18.3 Å². The summed E-state index contributed by atoms with van der Waals surface area (Å²) in [6.45, 7) is 5.89. The van der Waals surface area contributed by atoms with E-state index in [0.717, 1.165) is 11.1 Å². The molecule has 2 rings (SSSR count). The highest BCUT2D eigenvalue weighted by atomic mass is 35.5. The Bertz CT molecular complexity index is 894. The Morgan fingerprint density at radius 1 is 1.06 bits per heavy atom. The van der Waals surface area contributed by atoms with E-state index in [1.165, 1.54) is 23.9 Å². The first-order valence-corrected chi connectivity index (χ1v) is 12.0. The molecule has 0 spiro atoms. The van der Waals surface area contributed by atoms with Crippen molar-refractivity contribution in [3.05, 3.63) is 69.5 Å². The van der Waals surface area contributed by atoms with Crippen LogP contribution in [-0.2, 0) is 21.9 Å². The molecule has 0 heterocycles. The lowest BCUT2D eigenvalue weighted by Gasteiger charge is -2.31. The van der Waals surface area contributed by atoms with E-state index in [1.807, 2.05) is 20.8 Å². The molecule has 2 aromatic rings. The van der Waals surface area contributed by atoms with Gasteiger partial charge in [0.15, 0.2) is 0 Å². The van der Waals surface area contributed by atoms with Crippen molar-refractivity contribution >= 4 is 46.8 Å². The average molecular weight is 485 g/mol. The van der Waals surface area contributed by atoms with Crippen molar-refractivity contribution in [2.45, 2.75) is 51.6 Å². The summed E-state index contributed by atoms with van der Waals surface area (Å²) >= 11 is 13.6. The average Bonchev–Trinajstić information content (AvgIpc) is 2.71. The topological polar surface area (TPSA) is 49.4 Å². The molecule has 0 aliphatic heterocycles. The van der Waals surface area contributed by atoms with Gasteiger partial charge in [0.1, 0.15) is 11.9 Å². The highest BCUT2D eigenvalue weighted by Gasteiger charge is 2.29. The Morgan fingerprint density at radius 2 is 1.71 bits per heavy atom. The number of amides is 2. The third-order valence-corrected chi connectivity index (χ3v) is 6.29. The number of benzene rings is 2. The Balaban J connectivity index is 2.15. The van der Waals surface area contributed by atoms with Crippen molar-refractivity contribution in [1.29, 1.82) is 0 Å². The summed E-state index contributed by atoms with van der Waals surface area (Å²) in [5, 5.41) is 3.73. The first-order chi connectivity index (χ1) is 14.7. The zero-order chi connectivity index (χ0) is 23.0. The van der Waals surface area contributed by atoms with Crippen LogP contribution in [0.25, 0.3) is 0 Å². The van der Waals surface area contributed by atoms with Crippen LogP contribution in [0.4, 0.5) is 4.39 Å². The second-order valence-electron chi connectivity index (χ2n) is 7.48. The van der Waals surface area contributed by atoms with Gasteiger partial charge >= 0.3 is 0 Å². The Kier molecular flexibility index (Phi) is 10.1. The molecule has 168 valence electrons. The monoisotopic (exact) mass is 484 g/mol. The van der Waals surface area contributed by atoms with Crippen LogP contribution in [-0.4, -0.2) is 34.6 Å². The van der Waals surface area contributed by atoms with Crippen LogP contribution in [0.15, 0.2) is 42.5 Å². The SMILES string of the molecule is CC[C@H](C(=O)NC(C)C)N(Cc1ccc(Cl)c(Cl)c1)C(=O)CSCc1ccc(F)cc1. The maximum atomic E-state index is 13.1. The quantitative estimate of drug-likeness (QED) is 0.470. The number of nitrogens with one attached hydrogen (secondary N) is 1. The van der Waals surface area contributed by atoms with Crippen LogP contribution < -0.4 is 5.32 Å². The van der Waals surface area contributed by atoms with E-state index >= 15 is 0 Å². The minimum absolute atomic E-state index is 0.0312. The minimum atomic E-state index is -0.601. The van der Waals surface area contributed by atoms with Gasteiger partial charge in [-0.25, -0.2) is 4.39 Å². The van der Waals surface area contributed by atoms with Gasteiger partial charge in [0.05, 0.1) is 15.8 Å². The zero-order valence-electron chi connectivity index (χ0n) is 17.8. The van der Waals surface area contributed by atoms with Crippen LogP contribution in [0.3, 0.4) is 0 Å². The highest BCUT2D eigenvalue weighted by Crippen LogP contribution is 2.24. The van der Waals surface area contributed by atoms with Gasteiger partial charge in [-0.05, 0) is 55.7 Å². The van der Waals surface area contributed by atoms with Gasteiger partial charge < -0.3 is 10.2 Å². The molecule has 31 heavy (non-hydrogen) atoms. The smallest absolute Gasteiger partial charge is 0.243 e. The lowest BCUT2D eigenvalue weighted by molar-refractivity contribution is -0.139. The number of thioether (sulfide) groups is 1. The lowest BCUT2D eigenvalue weighted by atomic mass is 10.1. The second kappa shape index (κ2) is 12.3. The molecule has 0 saturated heterocycles. The molecule has 0 radical (unpaired) electrons. The molecular weight excluding hydrogens is 458 g/mol. The third kappa shape index (κ3) is 8.02. The Labute approximate surface area is 197 Å². The number of carbonyl (C=O) groups is 2. The lowest BCUT2D eigenvalue weighted by Crippen LogP contribution is -2.50. The number of hydrogen-bond donors (Lipinski definition) is 1. The summed E-state index contributed by atoms with van der Waals surface area (Å²) in [5.74, 6) is 0.143. The molecule has 8 heteroatoms. The minimum Gasteiger partial charge on any atom is -0.352 e.